The van der Waals surface area contributed by atoms with Crippen LogP contribution in [0.2, 0.25) is 10.0 Å². The lowest BCUT2D eigenvalue weighted by Crippen LogP contribution is -2.10. The van der Waals surface area contributed by atoms with Gasteiger partial charge >= 0.3 is 10.1 Å². The molecule has 0 unspecified atom stereocenters. The van der Waals surface area contributed by atoms with Gasteiger partial charge in [-0.25, -0.2) is 0 Å². The molecule has 3 rings (SSSR count). The molecule has 0 aliphatic carbocycles. The Morgan fingerprint density at radius 3 is 2.41 bits per heavy atom. The number of rotatable bonds is 5. The standard InChI is InChI=1S/C21H12BrCl2NO3S/c22-16-6-9-21(28-29(26,27)18-4-2-1-3-5-18)14(11-16)10-15(13-25)19-8-7-17(23)12-20(19)24/h1-12H/b15-10+. The van der Waals surface area contributed by atoms with E-state index in [9.17, 15) is 13.7 Å². The van der Waals surface area contributed by atoms with Crippen LogP contribution in [0.4, 0.5) is 0 Å². The van der Waals surface area contributed by atoms with Crippen LogP contribution < -0.4 is 4.18 Å². The first-order valence-electron chi connectivity index (χ1n) is 8.16. The van der Waals surface area contributed by atoms with Crippen LogP contribution in [-0.2, 0) is 10.1 Å². The summed E-state index contributed by atoms with van der Waals surface area (Å²) in [7, 11) is -4.04. The Morgan fingerprint density at radius 1 is 1.03 bits per heavy atom. The van der Waals surface area contributed by atoms with Crippen LogP contribution in [-0.4, -0.2) is 8.42 Å². The third-order valence-corrected chi connectivity index (χ3v) is 6.13. The molecular formula is C21H12BrCl2NO3S. The third-order valence-electron chi connectivity index (χ3n) is 3.84. The first-order chi connectivity index (χ1) is 13.8. The number of halogens is 3. The molecule has 3 aromatic rings. The molecule has 0 amide bonds. The average Bonchev–Trinajstić information content (AvgIpc) is 2.69. The van der Waals surface area contributed by atoms with Crippen LogP contribution in [0.5, 0.6) is 5.75 Å². The molecule has 0 fully saturated rings. The maximum absolute atomic E-state index is 12.6. The lowest BCUT2D eigenvalue weighted by atomic mass is 10.0. The van der Waals surface area contributed by atoms with Gasteiger partial charge in [-0.2, -0.15) is 13.7 Å². The van der Waals surface area contributed by atoms with Crippen LogP contribution in [0.1, 0.15) is 11.1 Å². The zero-order chi connectivity index (χ0) is 21.0. The number of hydrogen-bond donors (Lipinski definition) is 0. The van der Waals surface area contributed by atoms with Crippen LogP contribution in [0.15, 0.2) is 76.1 Å². The van der Waals surface area contributed by atoms with Gasteiger partial charge in [0, 0.05) is 20.6 Å². The Hall–Kier alpha value is -2.30. The molecule has 0 heterocycles. The van der Waals surface area contributed by atoms with Gasteiger partial charge in [-0.15, -0.1) is 0 Å². The summed E-state index contributed by atoms with van der Waals surface area (Å²) in [6, 6.07) is 19.5. The van der Waals surface area contributed by atoms with Crippen molar-refractivity contribution in [1.29, 1.82) is 5.26 Å². The van der Waals surface area contributed by atoms with E-state index < -0.39 is 10.1 Å². The Kier molecular flexibility index (Phi) is 6.66. The lowest BCUT2D eigenvalue weighted by Gasteiger charge is -2.11. The lowest BCUT2D eigenvalue weighted by molar-refractivity contribution is 0.485. The SMILES string of the molecule is N#C/C(=C\c1cc(Br)ccc1OS(=O)(=O)c1ccccc1)c1ccc(Cl)cc1Cl. The fourth-order valence-electron chi connectivity index (χ4n) is 2.50. The molecule has 0 bridgehead atoms. The van der Waals surface area contributed by atoms with E-state index in [-0.39, 0.29) is 16.2 Å². The molecule has 0 aromatic heterocycles. The topological polar surface area (TPSA) is 67.2 Å². The Labute approximate surface area is 187 Å². The van der Waals surface area contributed by atoms with E-state index in [0.29, 0.717) is 25.6 Å². The average molecular weight is 509 g/mol. The number of nitrogens with zero attached hydrogens (tertiary/aromatic N) is 1. The van der Waals surface area contributed by atoms with E-state index in [2.05, 4.69) is 22.0 Å². The minimum absolute atomic E-state index is 0.0269. The van der Waals surface area contributed by atoms with Crippen molar-refractivity contribution in [2.24, 2.45) is 0 Å². The van der Waals surface area contributed by atoms with Crippen molar-refractivity contribution in [3.63, 3.8) is 0 Å². The van der Waals surface area contributed by atoms with E-state index in [1.54, 1.807) is 42.5 Å². The van der Waals surface area contributed by atoms with Gasteiger partial charge in [-0.1, -0.05) is 63.4 Å². The van der Waals surface area contributed by atoms with Crippen molar-refractivity contribution in [1.82, 2.24) is 0 Å². The molecule has 146 valence electrons. The number of nitriles is 1. The van der Waals surface area contributed by atoms with Crippen molar-refractivity contribution < 1.29 is 12.6 Å². The maximum atomic E-state index is 12.6. The molecule has 0 radical (unpaired) electrons. The predicted octanol–water partition coefficient (Wildman–Crippen LogP) is 6.59. The van der Waals surface area contributed by atoms with Gasteiger partial charge in [0.25, 0.3) is 0 Å². The van der Waals surface area contributed by atoms with Crippen molar-refractivity contribution >= 4 is 60.9 Å². The van der Waals surface area contributed by atoms with Crippen LogP contribution in [0.3, 0.4) is 0 Å². The van der Waals surface area contributed by atoms with E-state index in [1.165, 1.54) is 30.3 Å². The highest BCUT2D eigenvalue weighted by molar-refractivity contribution is 9.10. The fraction of sp³-hybridized carbons (Fsp3) is 0. The smallest absolute Gasteiger partial charge is 0.339 e. The van der Waals surface area contributed by atoms with Crippen molar-refractivity contribution in [2.75, 3.05) is 0 Å². The summed E-state index contributed by atoms with van der Waals surface area (Å²) < 4.78 is 31.2. The fourth-order valence-corrected chi connectivity index (χ4v) is 4.36. The van der Waals surface area contributed by atoms with Crippen molar-refractivity contribution in [3.8, 4) is 11.8 Å². The van der Waals surface area contributed by atoms with Crippen LogP contribution >= 0.6 is 39.1 Å². The second-order valence-corrected chi connectivity index (χ2v) is 9.13. The summed E-state index contributed by atoms with van der Waals surface area (Å²) in [5.41, 5.74) is 1.09. The molecule has 3 aromatic carbocycles. The van der Waals surface area contributed by atoms with E-state index >= 15 is 0 Å². The monoisotopic (exact) mass is 507 g/mol. The number of allylic oxidation sites excluding steroid dienone is 1. The van der Waals surface area contributed by atoms with Crippen molar-refractivity contribution in [3.05, 3.63) is 92.4 Å². The summed E-state index contributed by atoms with van der Waals surface area (Å²) >= 11 is 15.5. The highest BCUT2D eigenvalue weighted by Gasteiger charge is 2.18. The normalized spacial score (nSPS) is 11.7. The zero-order valence-electron chi connectivity index (χ0n) is 14.6. The maximum Gasteiger partial charge on any atom is 0.339 e. The molecule has 29 heavy (non-hydrogen) atoms. The van der Waals surface area contributed by atoms with Gasteiger partial charge in [0.15, 0.2) is 0 Å². The molecule has 0 saturated heterocycles. The summed E-state index contributed by atoms with van der Waals surface area (Å²) in [5, 5.41) is 10.4. The molecule has 8 heteroatoms. The molecular weight excluding hydrogens is 497 g/mol. The van der Waals surface area contributed by atoms with Gasteiger partial charge in [-0.3, -0.25) is 0 Å². The van der Waals surface area contributed by atoms with Gasteiger partial charge in [0.05, 0.1) is 16.7 Å². The molecule has 4 nitrogen and oxygen atoms in total. The van der Waals surface area contributed by atoms with Gasteiger partial charge in [-0.05, 0) is 48.5 Å². The second-order valence-electron chi connectivity index (χ2n) is 5.83. The third kappa shape index (κ3) is 5.20. The Balaban J connectivity index is 2.07. The molecule has 0 saturated carbocycles. The first kappa shape index (κ1) is 21.4. The van der Waals surface area contributed by atoms with Gasteiger partial charge < -0.3 is 4.18 Å². The second kappa shape index (κ2) is 9.02. The molecule has 0 atom stereocenters. The molecule has 0 aliphatic rings. The summed E-state index contributed by atoms with van der Waals surface area (Å²) in [4.78, 5) is 0.0269. The highest BCUT2D eigenvalue weighted by Crippen LogP contribution is 2.32. The number of benzene rings is 3. The van der Waals surface area contributed by atoms with E-state index in [4.69, 9.17) is 27.4 Å². The van der Waals surface area contributed by atoms with E-state index in [0.717, 1.165) is 0 Å². The van der Waals surface area contributed by atoms with E-state index in [1.807, 2.05) is 0 Å². The van der Waals surface area contributed by atoms with Crippen LogP contribution in [0, 0.1) is 11.3 Å². The van der Waals surface area contributed by atoms with Gasteiger partial charge in [0.2, 0.25) is 0 Å². The molecule has 0 spiro atoms. The largest absolute Gasteiger partial charge is 0.378 e. The number of hydrogen-bond acceptors (Lipinski definition) is 4. The predicted molar refractivity (Wildman–Crippen MR) is 118 cm³/mol. The Bertz CT molecular complexity index is 1240. The minimum atomic E-state index is -4.04. The summed E-state index contributed by atoms with van der Waals surface area (Å²) in [5.74, 6) is 0.0786. The van der Waals surface area contributed by atoms with Crippen molar-refractivity contribution in [2.45, 2.75) is 4.90 Å². The minimum Gasteiger partial charge on any atom is -0.378 e. The molecule has 0 aliphatic heterocycles. The van der Waals surface area contributed by atoms with Crippen LogP contribution in [0.25, 0.3) is 11.6 Å². The molecule has 0 N–H and O–H groups in total. The van der Waals surface area contributed by atoms with Gasteiger partial charge in [0.1, 0.15) is 10.6 Å². The first-order valence-corrected chi connectivity index (χ1v) is 11.1. The quantitative estimate of drug-likeness (QED) is 0.221. The summed E-state index contributed by atoms with van der Waals surface area (Å²) in [6.45, 7) is 0. The summed E-state index contributed by atoms with van der Waals surface area (Å²) in [6.07, 6.45) is 1.51. The Morgan fingerprint density at radius 2 is 1.76 bits per heavy atom. The zero-order valence-corrected chi connectivity index (χ0v) is 18.6. The highest BCUT2D eigenvalue weighted by atomic mass is 79.9.